The highest BCUT2D eigenvalue weighted by Gasteiger charge is 2.35. The summed E-state index contributed by atoms with van der Waals surface area (Å²) in [4.78, 5) is 2.65. The average molecular weight is 477 g/mol. The number of fused-ring (bicyclic) bond motifs is 3. The largest absolute Gasteiger partial charge is 0.135 e. The van der Waals surface area contributed by atoms with E-state index in [1.165, 1.54) is 75.5 Å². The summed E-state index contributed by atoms with van der Waals surface area (Å²) in [5.41, 5.74) is 8.27. The molecule has 0 fully saturated rings. The Morgan fingerprint density at radius 2 is 1.17 bits per heavy atom. The van der Waals surface area contributed by atoms with E-state index < -0.39 is 0 Å². The highest BCUT2D eigenvalue weighted by atomic mass is 32.1. The zero-order chi connectivity index (χ0) is 24.0. The van der Waals surface area contributed by atoms with Crippen LogP contribution >= 0.6 is 11.3 Å². The highest BCUT2D eigenvalue weighted by Crippen LogP contribution is 2.50. The quantitative estimate of drug-likeness (QED) is 0.218. The molecule has 0 aliphatic heterocycles. The van der Waals surface area contributed by atoms with Crippen molar-refractivity contribution in [2.45, 2.75) is 19.3 Å². The molecule has 1 aromatic heterocycles. The van der Waals surface area contributed by atoms with E-state index in [0.29, 0.717) is 0 Å². The van der Waals surface area contributed by atoms with Crippen molar-refractivity contribution >= 4 is 43.7 Å². The molecule has 0 atom stereocenters. The second kappa shape index (κ2) is 7.06. The lowest BCUT2D eigenvalue weighted by Gasteiger charge is -2.21. The van der Waals surface area contributed by atoms with Crippen molar-refractivity contribution in [1.82, 2.24) is 0 Å². The normalized spacial score (nSPS) is 14.1. The molecule has 1 aliphatic rings. The monoisotopic (exact) mass is 476 g/mol. The molecular weight excluding hydrogens is 452 g/mol. The summed E-state index contributed by atoms with van der Waals surface area (Å²) in [6, 6.07) is 40.8. The van der Waals surface area contributed by atoms with Crippen molar-refractivity contribution < 1.29 is 0 Å². The van der Waals surface area contributed by atoms with Crippen LogP contribution in [0, 0.1) is 0 Å². The molecule has 0 spiro atoms. The second-order valence-corrected chi connectivity index (χ2v) is 11.6. The Morgan fingerprint density at radius 1 is 0.500 bits per heavy atom. The van der Waals surface area contributed by atoms with Crippen molar-refractivity contribution in [2.24, 2.45) is 0 Å². The van der Waals surface area contributed by atoms with Crippen molar-refractivity contribution in [1.29, 1.82) is 0 Å². The lowest BCUT2D eigenvalue weighted by atomic mass is 9.82. The summed E-state index contributed by atoms with van der Waals surface area (Å²) < 4.78 is 0. The Labute approximate surface area is 214 Å². The standard InChI is InChI=1S/C35H24S/c1-35(2)29-9-4-3-8-25(29)26-15-14-24(20-30(26)35)31-18-19-32(36-31)27-16-12-23-11-10-21-6-5-7-22-13-17-28(27)34(23)33(21)22/h3-20H,1-2H3. The van der Waals surface area contributed by atoms with E-state index in [-0.39, 0.29) is 5.41 Å². The van der Waals surface area contributed by atoms with E-state index in [1.807, 2.05) is 11.3 Å². The molecule has 0 N–H and O–H groups in total. The van der Waals surface area contributed by atoms with Gasteiger partial charge in [-0.15, -0.1) is 11.3 Å². The van der Waals surface area contributed by atoms with Gasteiger partial charge in [0.05, 0.1) is 0 Å². The Bertz CT molecular complexity index is 1950. The molecule has 0 unspecified atom stereocenters. The van der Waals surface area contributed by atoms with Gasteiger partial charge in [-0.05, 0) is 83.9 Å². The van der Waals surface area contributed by atoms with Crippen LogP contribution in [0.5, 0.6) is 0 Å². The minimum atomic E-state index is 0.0219. The maximum atomic E-state index is 2.43. The zero-order valence-electron chi connectivity index (χ0n) is 20.3. The van der Waals surface area contributed by atoms with Crippen LogP contribution in [-0.2, 0) is 5.41 Å². The van der Waals surface area contributed by atoms with E-state index >= 15 is 0 Å². The fourth-order valence-electron chi connectivity index (χ4n) is 6.45. The van der Waals surface area contributed by atoms with Gasteiger partial charge in [-0.25, -0.2) is 0 Å². The van der Waals surface area contributed by atoms with E-state index in [0.717, 1.165) is 0 Å². The Balaban J connectivity index is 1.28. The summed E-state index contributed by atoms with van der Waals surface area (Å²) in [5, 5.41) is 8.06. The first-order chi connectivity index (χ1) is 17.6. The van der Waals surface area contributed by atoms with Crippen LogP contribution in [0.25, 0.3) is 64.3 Å². The Morgan fingerprint density at radius 3 is 2.03 bits per heavy atom. The van der Waals surface area contributed by atoms with Crippen LogP contribution in [0.15, 0.2) is 109 Å². The van der Waals surface area contributed by atoms with Crippen LogP contribution in [-0.4, -0.2) is 0 Å². The summed E-state index contributed by atoms with van der Waals surface area (Å²) in [6.07, 6.45) is 0. The molecule has 1 heterocycles. The summed E-state index contributed by atoms with van der Waals surface area (Å²) in [7, 11) is 0. The van der Waals surface area contributed by atoms with Gasteiger partial charge in [-0.1, -0.05) is 105 Å². The fraction of sp³-hybridized carbons (Fsp3) is 0.0857. The predicted octanol–water partition coefficient (Wildman–Crippen LogP) is 10.3. The lowest BCUT2D eigenvalue weighted by Crippen LogP contribution is -2.14. The van der Waals surface area contributed by atoms with Crippen molar-refractivity contribution in [2.75, 3.05) is 0 Å². The van der Waals surface area contributed by atoms with Crippen molar-refractivity contribution in [3.05, 3.63) is 120 Å². The predicted molar refractivity (Wildman–Crippen MR) is 156 cm³/mol. The van der Waals surface area contributed by atoms with Gasteiger partial charge in [0.15, 0.2) is 0 Å². The van der Waals surface area contributed by atoms with Crippen molar-refractivity contribution in [3.8, 4) is 32.0 Å². The second-order valence-electron chi connectivity index (χ2n) is 10.6. The molecule has 0 amide bonds. The topological polar surface area (TPSA) is 0 Å². The third kappa shape index (κ3) is 2.64. The van der Waals surface area contributed by atoms with Crippen molar-refractivity contribution in [3.63, 3.8) is 0 Å². The minimum absolute atomic E-state index is 0.0219. The van der Waals surface area contributed by atoms with Crippen LogP contribution in [0.2, 0.25) is 0 Å². The summed E-state index contributed by atoms with van der Waals surface area (Å²) >= 11 is 1.90. The number of rotatable bonds is 2. The van der Waals surface area contributed by atoms with Gasteiger partial charge in [0, 0.05) is 15.2 Å². The fourth-order valence-corrected chi connectivity index (χ4v) is 7.49. The third-order valence-corrected chi connectivity index (χ3v) is 9.44. The first-order valence-electron chi connectivity index (χ1n) is 12.6. The van der Waals surface area contributed by atoms with Gasteiger partial charge < -0.3 is 0 Å². The SMILES string of the molecule is CC1(C)c2ccccc2-c2ccc(-c3ccc(-c4ccc5ccc6cccc7ccc4c5c67)s3)cc21. The molecule has 0 bridgehead atoms. The molecule has 170 valence electrons. The third-order valence-electron chi connectivity index (χ3n) is 8.27. The zero-order valence-corrected chi connectivity index (χ0v) is 21.1. The molecule has 8 rings (SSSR count). The van der Waals surface area contributed by atoms with E-state index in [4.69, 9.17) is 0 Å². The van der Waals surface area contributed by atoms with Crippen LogP contribution < -0.4 is 0 Å². The maximum Gasteiger partial charge on any atom is 0.0355 e. The van der Waals surface area contributed by atoms with E-state index in [9.17, 15) is 0 Å². The van der Waals surface area contributed by atoms with Crippen LogP contribution in [0.1, 0.15) is 25.0 Å². The van der Waals surface area contributed by atoms with Gasteiger partial charge in [0.1, 0.15) is 0 Å². The first kappa shape index (κ1) is 20.3. The van der Waals surface area contributed by atoms with Gasteiger partial charge in [0.2, 0.25) is 0 Å². The molecule has 7 aromatic rings. The van der Waals surface area contributed by atoms with Gasteiger partial charge >= 0.3 is 0 Å². The molecule has 0 radical (unpaired) electrons. The average Bonchev–Trinajstić information content (AvgIpc) is 3.49. The molecule has 1 heteroatoms. The van der Waals surface area contributed by atoms with Gasteiger partial charge in [-0.2, -0.15) is 0 Å². The molecule has 0 saturated heterocycles. The first-order valence-corrected chi connectivity index (χ1v) is 13.4. The number of hydrogen-bond donors (Lipinski definition) is 0. The number of benzene rings is 6. The van der Waals surface area contributed by atoms with Gasteiger partial charge in [-0.3, -0.25) is 0 Å². The number of hydrogen-bond acceptors (Lipinski definition) is 1. The van der Waals surface area contributed by atoms with Crippen LogP contribution in [0.3, 0.4) is 0 Å². The molecule has 6 aromatic carbocycles. The molecular formula is C35H24S. The number of thiophene rings is 1. The van der Waals surface area contributed by atoms with E-state index in [2.05, 4.69) is 123 Å². The Kier molecular flexibility index (Phi) is 3.97. The molecule has 0 saturated carbocycles. The highest BCUT2D eigenvalue weighted by molar-refractivity contribution is 7.18. The smallest absolute Gasteiger partial charge is 0.0355 e. The lowest BCUT2D eigenvalue weighted by molar-refractivity contribution is 0.660. The molecule has 0 nitrogen and oxygen atoms in total. The molecule has 1 aliphatic carbocycles. The van der Waals surface area contributed by atoms with Gasteiger partial charge in [0.25, 0.3) is 0 Å². The maximum absolute atomic E-state index is 2.43. The summed E-state index contributed by atoms with van der Waals surface area (Å²) in [6.45, 7) is 4.71. The Hall–Kier alpha value is -3.94. The molecule has 36 heavy (non-hydrogen) atoms. The minimum Gasteiger partial charge on any atom is -0.135 e. The van der Waals surface area contributed by atoms with Crippen LogP contribution in [0.4, 0.5) is 0 Å². The summed E-state index contributed by atoms with van der Waals surface area (Å²) in [5.74, 6) is 0. The van der Waals surface area contributed by atoms with E-state index in [1.54, 1.807) is 0 Å².